The zero-order valence-corrected chi connectivity index (χ0v) is 15.6. The van der Waals surface area contributed by atoms with E-state index in [1.807, 2.05) is 17.0 Å². The Labute approximate surface area is 153 Å². The average molecular weight is 357 g/mol. The van der Waals surface area contributed by atoms with Crippen molar-refractivity contribution in [3.63, 3.8) is 0 Å². The fourth-order valence-corrected chi connectivity index (χ4v) is 4.17. The molecule has 4 rings (SSSR count). The number of rotatable bonds is 4. The summed E-state index contributed by atoms with van der Waals surface area (Å²) in [6.45, 7) is 4.86. The first-order valence-electron chi connectivity index (χ1n) is 9.87. The van der Waals surface area contributed by atoms with Gasteiger partial charge in [0.25, 0.3) is 5.91 Å². The number of aromatic nitrogens is 2. The van der Waals surface area contributed by atoms with Gasteiger partial charge in [-0.15, -0.1) is 0 Å². The van der Waals surface area contributed by atoms with E-state index in [-0.39, 0.29) is 17.9 Å². The SMILES string of the molecule is CC(C)c1cc([C@H]2CCCN2C(=O)c2cc(C3CCCCC3)no2)no1. The first kappa shape index (κ1) is 17.3. The summed E-state index contributed by atoms with van der Waals surface area (Å²) in [4.78, 5) is 14.9. The highest BCUT2D eigenvalue weighted by Crippen LogP contribution is 2.35. The Balaban J connectivity index is 1.50. The van der Waals surface area contributed by atoms with Crippen molar-refractivity contribution in [1.29, 1.82) is 0 Å². The molecule has 3 heterocycles. The lowest BCUT2D eigenvalue weighted by atomic mass is 9.87. The van der Waals surface area contributed by atoms with Crippen molar-refractivity contribution < 1.29 is 13.8 Å². The summed E-state index contributed by atoms with van der Waals surface area (Å²) in [5.74, 6) is 1.85. The minimum Gasteiger partial charge on any atom is -0.361 e. The third-order valence-electron chi connectivity index (χ3n) is 5.73. The standard InChI is InChI=1S/C20H27N3O3/c1-13(2)18-12-16(22-25-18)17-9-6-10-23(17)20(24)19-11-15(21-26-19)14-7-4-3-5-8-14/h11-14,17H,3-10H2,1-2H3/t17-/m1/s1. The molecule has 1 atom stereocenters. The molecule has 2 fully saturated rings. The highest BCUT2D eigenvalue weighted by atomic mass is 16.5. The van der Waals surface area contributed by atoms with E-state index in [9.17, 15) is 4.79 Å². The van der Waals surface area contributed by atoms with Gasteiger partial charge in [-0.2, -0.15) is 0 Å². The Hall–Kier alpha value is -2.11. The Morgan fingerprint density at radius 2 is 1.81 bits per heavy atom. The second kappa shape index (κ2) is 7.25. The van der Waals surface area contributed by atoms with Crippen LogP contribution in [0.4, 0.5) is 0 Å². The quantitative estimate of drug-likeness (QED) is 0.785. The number of hydrogen-bond acceptors (Lipinski definition) is 5. The summed E-state index contributed by atoms with van der Waals surface area (Å²) >= 11 is 0. The van der Waals surface area contributed by atoms with Crippen LogP contribution in [0.5, 0.6) is 0 Å². The summed E-state index contributed by atoms with van der Waals surface area (Å²) in [7, 11) is 0. The van der Waals surface area contributed by atoms with Gasteiger partial charge in [-0.1, -0.05) is 43.4 Å². The maximum Gasteiger partial charge on any atom is 0.293 e. The van der Waals surface area contributed by atoms with Crippen molar-refractivity contribution in [2.24, 2.45) is 0 Å². The van der Waals surface area contributed by atoms with Crippen molar-refractivity contribution in [2.75, 3.05) is 6.54 Å². The molecule has 1 saturated carbocycles. The summed E-state index contributed by atoms with van der Waals surface area (Å²) in [5.41, 5.74) is 1.78. The summed E-state index contributed by atoms with van der Waals surface area (Å²) in [6, 6.07) is 3.80. The molecule has 0 aromatic carbocycles. The van der Waals surface area contributed by atoms with Crippen LogP contribution in [-0.2, 0) is 0 Å². The van der Waals surface area contributed by atoms with Crippen LogP contribution >= 0.6 is 0 Å². The first-order valence-corrected chi connectivity index (χ1v) is 9.87. The molecule has 1 saturated heterocycles. The van der Waals surface area contributed by atoms with Crippen molar-refractivity contribution in [1.82, 2.24) is 15.2 Å². The molecular weight excluding hydrogens is 330 g/mol. The highest BCUT2D eigenvalue weighted by molar-refractivity contribution is 5.92. The van der Waals surface area contributed by atoms with Crippen LogP contribution in [0.2, 0.25) is 0 Å². The molecule has 2 aliphatic rings. The van der Waals surface area contributed by atoms with Gasteiger partial charge >= 0.3 is 0 Å². The number of carbonyl (C=O) groups excluding carboxylic acids is 1. The topological polar surface area (TPSA) is 72.4 Å². The van der Waals surface area contributed by atoms with Crippen LogP contribution in [0.25, 0.3) is 0 Å². The number of carbonyl (C=O) groups is 1. The fraction of sp³-hybridized carbons (Fsp3) is 0.650. The Bertz CT molecular complexity index is 758. The van der Waals surface area contributed by atoms with Crippen LogP contribution in [0.1, 0.15) is 104 Å². The highest BCUT2D eigenvalue weighted by Gasteiger charge is 2.35. The van der Waals surface area contributed by atoms with Gasteiger partial charge in [0.05, 0.1) is 11.7 Å². The minimum absolute atomic E-state index is 0.0398. The van der Waals surface area contributed by atoms with E-state index in [4.69, 9.17) is 9.05 Å². The number of amides is 1. The van der Waals surface area contributed by atoms with Crippen LogP contribution in [-0.4, -0.2) is 27.7 Å². The van der Waals surface area contributed by atoms with Gasteiger partial charge in [0.15, 0.2) is 0 Å². The molecule has 1 aliphatic heterocycles. The smallest absolute Gasteiger partial charge is 0.293 e. The van der Waals surface area contributed by atoms with Crippen LogP contribution in [0.3, 0.4) is 0 Å². The molecular formula is C20H27N3O3. The molecule has 1 amide bonds. The van der Waals surface area contributed by atoms with Gasteiger partial charge in [-0.25, -0.2) is 0 Å². The molecule has 2 aromatic heterocycles. The van der Waals surface area contributed by atoms with E-state index >= 15 is 0 Å². The van der Waals surface area contributed by atoms with Crippen LogP contribution in [0.15, 0.2) is 21.2 Å². The van der Waals surface area contributed by atoms with Crippen molar-refractivity contribution in [2.45, 2.75) is 76.7 Å². The lowest BCUT2D eigenvalue weighted by Gasteiger charge is -2.21. The predicted molar refractivity (Wildman–Crippen MR) is 95.9 cm³/mol. The second-order valence-corrected chi connectivity index (χ2v) is 7.92. The molecule has 6 nitrogen and oxygen atoms in total. The maximum absolute atomic E-state index is 13.0. The zero-order chi connectivity index (χ0) is 18.1. The molecule has 0 radical (unpaired) electrons. The number of nitrogens with zero attached hydrogens (tertiary/aromatic N) is 3. The van der Waals surface area contributed by atoms with E-state index in [0.717, 1.165) is 42.8 Å². The third-order valence-corrected chi connectivity index (χ3v) is 5.73. The van der Waals surface area contributed by atoms with Gasteiger partial charge in [-0.3, -0.25) is 4.79 Å². The minimum atomic E-state index is -0.0869. The van der Waals surface area contributed by atoms with E-state index in [1.54, 1.807) is 0 Å². The largest absolute Gasteiger partial charge is 0.361 e. The Kier molecular flexibility index (Phi) is 4.83. The van der Waals surface area contributed by atoms with E-state index in [2.05, 4.69) is 24.2 Å². The Morgan fingerprint density at radius 3 is 2.54 bits per heavy atom. The van der Waals surface area contributed by atoms with Crippen LogP contribution < -0.4 is 0 Å². The summed E-state index contributed by atoms with van der Waals surface area (Å²) in [6.07, 6.45) is 7.92. The molecule has 6 heteroatoms. The first-order chi connectivity index (χ1) is 12.6. The normalized spacial score (nSPS) is 21.7. The zero-order valence-electron chi connectivity index (χ0n) is 15.6. The third kappa shape index (κ3) is 3.29. The molecule has 1 aliphatic carbocycles. The van der Waals surface area contributed by atoms with Gasteiger partial charge in [0, 0.05) is 30.5 Å². The Morgan fingerprint density at radius 1 is 1.04 bits per heavy atom. The van der Waals surface area contributed by atoms with Crippen LogP contribution in [0, 0.1) is 0 Å². The lowest BCUT2D eigenvalue weighted by molar-refractivity contribution is 0.0688. The van der Waals surface area contributed by atoms with Gasteiger partial charge in [0.2, 0.25) is 5.76 Å². The second-order valence-electron chi connectivity index (χ2n) is 7.92. The van der Waals surface area contributed by atoms with Gasteiger partial charge in [0.1, 0.15) is 11.5 Å². The number of hydrogen-bond donors (Lipinski definition) is 0. The van der Waals surface area contributed by atoms with E-state index in [0.29, 0.717) is 18.2 Å². The molecule has 0 N–H and O–H groups in total. The molecule has 0 unspecified atom stereocenters. The molecule has 0 spiro atoms. The molecule has 140 valence electrons. The predicted octanol–water partition coefficient (Wildman–Crippen LogP) is 4.81. The molecule has 26 heavy (non-hydrogen) atoms. The molecule has 0 bridgehead atoms. The summed E-state index contributed by atoms with van der Waals surface area (Å²) in [5, 5.41) is 8.41. The van der Waals surface area contributed by atoms with Gasteiger partial charge < -0.3 is 13.9 Å². The average Bonchev–Trinajstić information content (AvgIpc) is 3.41. The summed E-state index contributed by atoms with van der Waals surface area (Å²) < 4.78 is 10.9. The monoisotopic (exact) mass is 357 g/mol. The number of likely N-dealkylation sites (tertiary alicyclic amines) is 1. The van der Waals surface area contributed by atoms with Crippen molar-refractivity contribution in [3.05, 3.63) is 35.0 Å². The maximum atomic E-state index is 13.0. The van der Waals surface area contributed by atoms with Gasteiger partial charge in [-0.05, 0) is 25.7 Å². The van der Waals surface area contributed by atoms with E-state index < -0.39 is 0 Å². The molecule has 2 aromatic rings. The lowest BCUT2D eigenvalue weighted by Crippen LogP contribution is -2.30. The fourth-order valence-electron chi connectivity index (χ4n) is 4.17. The van der Waals surface area contributed by atoms with Crippen molar-refractivity contribution >= 4 is 5.91 Å². The van der Waals surface area contributed by atoms with Crippen molar-refractivity contribution in [3.8, 4) is 0 Å². The van der Waals surface area contributed by atoms with E-state index in [1.165, 1.54) is 19.3 Å².